The summed E-state index contributed by atoms with van der Waals surface area (Å²) in [6.45, 7) is 1.27. The Morgan fingerprint density at radius 2 is 2.05 bits per heavy atom. The number of morpholine rings is 1. The fraction of sp³-hybridized carbons (Fsp3) is 0.429. The van der Waals surface area contributed by atoms with E-state index in [2.05, 4.69) is 0 Å². The normalized spacial score (nSPS) is 20.1. The minimum Gasteiger partial charge on any atom is -0.370 e. The molecule has 0 aromatic heterocycles. The lowest BCUT2D eigenvalue weighted by Crippen LogP contribution is -2.50. The number of nitrogens with two attached hydrogens (primary N) is 2. The Kier molecular flexibility index (Phi) is 5.17. The number of primary amides is 1. The number of halogens is 1. The zero-order chi connectivity index (χ0) is 15.4. The molecule has 4 N–H and O–H groups in total. The Morgan fingerprint density at radius 3 is 2.67 bits per heavy atom. The summed E-state index contributed by atoms with van der Waals surface area (Å²) in [5, 5.41) is 0.644. The van der Waals surface area contributed by atoms with Crippen molar-refractivity contribution in [2.75, 3.05) is 19.7 Å². The number of ether oxygens (including phenoxy) is 1. The van der Waals surface area contributed by atoms with Crippen molar-refractivity contribution in [2.24, 2.45) is 11.5 Å². The molecule has 1 aliphatic rings. The molecule has 0 saturated carbocycles. The summed E-state index contributed by atoms with van der Waals surface area (Å²) in [5.41, 5.74) is 11.7. The van der Waals surface area contributed by atoms with Crippen molar-refractivity contribution in [1.82, 2.24) is 4.90 Å². The van der Waals surface area contributed by atoms with Gasteiger partial charge in [-0.15, -0.1) is 0 Å². The van der Waals surface area contributed by atoms with Crippen LogP contribution < -0.4 is 11.5 Å². The quantitative estimate of drug-likeness (QED) is 0.843. The van der Waals surface area contributed by atoms with E-state index in [0.717, 1.165) is 5.56 Å². The number of benzene rings is 1. The number of amides is 2. The third-order valence-corrected chi connectivity index (χ3v) is 3.61. The molecule has 2 rings (SSSR count). The van der Waals surface area contributed by atoms with Crippen LogP contribution in [0.3, 0.4) is 0 Å². The van der Waals surface area contributed by atoms with E-state index in [1.54, 1.807) is 17.0 Å². The van der Waals surface area contributed by atoms with Crippen molar-refractivity contribution < 1.29 is 14.3 Å². The highest BCUT2D eigenvalue weighted by molar-refractivity contribution is 6.30. The number of hydrogen-bond acceptors (Lipinski definition) is 4. The van der Waals surface area contributed by atoms with Crippen molar-refractivity contribution in [3.63, 3.8) is 0 Å². The SMILES string of the molecule is NC(=O)CC(N)C(=O)N1CCOC(c2ccc(Cl)cc2)C1. The lowest BCUT2D eigenvalue weighted by Gasteiger charge is -2.34. The molecule has 1 aromatic carbocycles. The number of nitrogens with zero attached hydrogens (tertiary/aromatic N) is 1. The van der Waals surface area contributed by atoms with Gasteiger partial charge in [0.2, 0.25) is 11.8 Å². The first kappa shape index (κ1) is 15.8. The average Bonchev–Trinajstić information content (AvgIpc) is 2.46. The molecule has 0 spiro atoms. The van der Waals surface area contributed by atoms with Gasteiger partial charge in [0.05, 0.1) is 25.6 Å². The largest absolute Gasteiger partial charge is 0.370 e. The maximum absolute atomic E-state index is 12.2. The first-order valence-corrected chi connectivity index (χ1v) is 7.05. The van der Waals surface area contributed by atoms with E-state index in [1.165, 1.54) is 0 Å². The monoisotopic (exact) mass is 311 g/mol. The van der Waals surface area contributed by atoms with E-state index in [1.807, 2.05) is 12.1 Å². The molecule has 6 nitrogen and oxygen atoms in total. The van der Waals surface area contributed by atoms with Gasteiger partial charge in [-0.25, -0.2) is 0 Å². The summed E-state index contributed by atoms with van der Waals surface area (Å²) in [4.78, 5) is 24.6. The summed E-state index contributed by atoms with van der Waals surface area (Å²) < 4.78 is 5.68. The second-order valence-electron chi connectivity index (χ2n) is 4.97. The van der Waals surface area contributed by atoms with E-state index in [4.69, 9.17) is 27.8 Å². The van der Waals surface area contributed by atoms with Gasteiger partial charge >= 0.3 is 0 Å². The zero-order valence-electron chi connectivity index (χ0n) is 11.5. The predicted molar refractivity (Wildman–Crippen MR) is 78.5 cm³/mol. The molecule has 2 unspecified atom stereocenters. The van der Waals surface area contributed by atoms with E-state index in [-0.39, 0.29) is 18.4 Å². The maximum atomic E-state index is 12.2. The van der Waals surface area contributed by atoms with Gasteiger partial charge in [-0.2, -0.15) is 0 Å². The summed E-state index contributed by atoms with van der Waals surface area (Å²) in [6, 6.07) is 6.39. The fourth-order valence-corrected chi connectivity index (χ4v) is 2.39. The van der Waals surface area contributed by atoms with Gasteiger partial charge in [0.25, 0.3) is 0 Å². The van der Waals surface area contributed by atoms with Crippen LogP contribution in [0.15, 0.2) is 24.3 Å². The van der Waals surface area contributed by atoms with Crippen LogP contribution in [0.2, 0.25) is 5.02 Å². The predicted octanol–water partition coefficient (Wildman–Crippen LogP) is 0.443. The molecule has 0 radical (unpaired) electrons. The van der Waals surface area contributed by atoms with E-state index in [0.29, 0.717) is 24.7 Å². The summed E-state index contributed by atoms with van der Waals surface area (Å²) in [6.07, 6.45) is -0.373. The van der Waals surface area contributed by atoms with Crippen LogP contribution in [0.1, 0.15) is 18.1 Å². The number of carbonyl (C=O) groups excluding carboxylic acids is 2. The van der Waals surface area contributed by atoms with Crippen LogP contribution in [0.4, 0.5) is 0 Å². The van der Waals surface area contributed by atoms with Crippen molar-refractivity contribution >= 4 is 23.4 Å². The van der Waals surface area contributed by atoms with Gasteiger partial charge in [0.1, 0.15) is 6.10 Å². The molecule has 1 aliphatic heterocycles. The van der Waals surface area contributed by atoms with Gasteiger partial charge in [0, 0.05) is 11.6 Å². The lowest BCUT2D eigenvalue weighted by molar-refractivity contribution is -0.141. The van der Waals surface area contributed by atoms with Crippen LogP contribution >= 0.6 is 11.6 Å². The van der Waals surface area contributed by atoms with Crippen LogP contribution in [0.25, 0.3) is 0 Å². The van der Waals surface area contributed by atoms with Crippen molar-refractivity contribution in [2.45, 2.75) is 18.6 Å². The topological polar surface area (TPSA) is 98.7 Å². The van der Waals surface area contributed by atoms with Gasteiger partial charge < -0.3 is 21.1 Å². The number of carbonyl (C=O) groups is 2. The molecule has 7 heteroatoms. The van der Waals surface area contributed by atoms with Gasteiger partial charge in [-0.05, 0) is 17.7 Å². The van der Waals surface area contributed by atoms with Crippen LogP contribution in [0.5, 0.6) is 0 Å². The highest BCUT2D eigenvalue weighted by Gasteiger charge is 2.29. The van der Waals surface area contributed by atoms with Crippen LogP contribution in [-0.2, 0) is 14.3 Å². The fourth-order valence-electron chi connectivity index (χ4n) is 2.27. The van der Waals surface area contributed by atoms with E-state index < -0.39 is 11.9 Å². The summed E-state index contributed by atoms with van der Waals surface area (Å²) in [7, 11) is 0. The third-order valence-electron chi connectivity index (χ3n) is 3.36. The highest BCUT2D eigenvalue weighted by Crippen LogP contribution is 2.24. The Morgan fingerprint density at radius 1 is 1.38 bits per heavy atom. The number of hydrogen-bond donors (Lipinski definition) is 2. The van der Waals surface area contributed by atoms with Gasteiger partial charge in [-0.1, -0.05) is 23.7 Å². The van der Waals surface area contributed by atoms with E-state index in [9.17, 15) is 9.59 Å². The minimum absolute atomic E-state index is 0.151. The average molecular weight is 312 g/mol. The van der Waals surface area contributed by atoms with Gasteiger partial charge in [0.15, 0.2) is 0 Å². The molecule has 2 atom stereocenters. The summed E-state index contributed by atoms with van der Waals surface area (Å²) >= 11 is 5.85. The Bertz CT molecular complexity index is 521. The molecule has 0 bridgehead atoms. The maximum Gasteiger partial charge on any atom is 0.240 e. The Balaban J connectivity index is 2.01. The number of rotatable bonds is 4. The van der Waals surface area contributed by atoms with Crippen molar-refractivity contribution in [1.29, 1.82) is 0 Å². The molecule has 1 heterocycles. The zero-order valence-corrected chi connectivity index (χ0v) is 12.3. The molecular formula is C14H18ClN3O3. The van der Waals surface area contributed by atoms with E-state index >= 15 is 0 Å². The molecule has 114 valence electrons. The standard InChI is InChI=1S/C14H18ClN3O3/c15-10-3-1-9(2-4-10)12-8-18(5-6-21-12)14(20)11(16)7-13(17)19/h1-4,11-12H,5-8,16H2,(H2,17,19). The first-order valence-electron chi connectivity index (χ1n) is 6.67. The molecule has 21 heavy (non-hydrogen) atoms. The lowest BCUT2D eigenvalue weighted by atomic mass is 10.1. The molecule has 1 saturated heterocycles. The third kappa shape index (κ3) is 4.17. The van der Waals surface area contributed by atoms with Crippen LogP contribution in [0, 0.1) is 0 Å². The summed E-state index contributed by atoms with van der Waals surface area (Å²) in [5.74, 6) is -0.866. The first-order chi connectivity index (χ1) is 9.97. The molecular weight excluding hydrogens is 294 g/mol. The molecule has 1 fully saturated rings. The highest BCUT2D eigenvalue weighted by atomic mass is 35.5. The Hall–Kier alpha value is -1.63. The minimum atomic E-state index is -0.897. The molecule has 2 amide bonds. The smallest absolute Gasteiger partial charge is 0.240 e. The Labute approximate surface area is 128 Å². The van der Waals surface area contributed by atoms with Gasteiger partial charge in [-0.3, -0.25) is 9.59 Å². The van der Waals surface area contributed by atoms with Crippen molar-refractivity contribution in [3.8, 4) is 0 Å². The molecule has 0 aliphatic carbocycles. The second-order valence-corrected chi connectivity index (χ2v) is 5.41. The van der Waals surface area contributed by atoms with Crippen LogP contribution in [-0.4, -0.2) is 42.5 Å². The second kappa shape index (κ2) is 6.89. The molecule has 1 aromatic rings. The van der Waals surface area contributed by atoms with Crippen molar-refractivity contribution in [3.05, 3.63) is 34.9 Å².